The summed E-state index contributed by atoms with van der Waals surface area (Å²) >= 11 is 0. The lowest BCUT2D eigenvalue weighted by atomic mass is 10.1. The van der Waals surface area contributed by atoms with Gasteiger partial charge in [-0.15, -0.1) is 0 Å². The number of rotatable bonds is 2. The van der Waals surface area contributed by atoms with Crippen LogP contribution in [0.3, 0.4) is 0 Å². The molecular weight excluding hydrogens is 238 g/mol. The van der Waals surface area contributed by atoms with Gasteiger partial charge in [-0.25, -0.2) is 8.42 Å². The van der Waals surface area contributed by atoms with Crippen LogP contribution >= 0.6 is 10.7 Å². The molecule has 82 valence electrons. The Morgan fingerprint density at radius 2 is 1.87 bits per heavy atom. The highest BCUT2D eigenvalue weighted by Crippen LogP contribution is 2.23. The second-order valence-corrected chi connectivity index (χ2v) is 5.75. The zero-order valence-corrected chi connectivity index (χ0v) is 9.82. The zero-order chi connectivity index (χ0) is 11.8. The summed E-state index contributed by atoms with van der Waals surface area (Å²) in [6.45, 7) is 3.31. The minimum Gasteiger partial charge on any atom is -0.366 e. The average molecular weight is 248 g/mol. The fraction of sp³-hybridized carbons (Fsp3) is 0.222. The van der Waals surface area contributed by atoms with Crippen molar-refractivity contribution in [3.05, 3.63) is 28.8 Å². The van der Waals surface area contributed by atoms with Crippen molar-refractivity contribution in [2.24, 2.45) is 5.73 Å². The van der Waals surface area contributed by atoms with Gasteiger partial charge in [0.05, 0.1) is 4.90 Å². The fourth-order valence-corrected chi connectivity index (χ4v) is 2.50. The van der Waals surface area contributed by atoms with E-state index in [-0.39, 0.29) is 10.5 Å². The van der Waals surface area contributed by atoms with Crippen molar-refractivity contribution in [2.45, 2.75) is 18.7 Å². The van der Waals surface area contributed by atoms with E-state index in [1.807, 2.05) is 0 Å². The van der Waals surface area contributed by atoms with Crippen LogP contribution in [0.5, 0.6) is 0 Å². The molecule has 0 atom stereocenters. The normalized spacial score (nSPS) is 11.4. The third kappa shape index (κ3) is 2.49. The Labute approximate surface area is 92.5 Å². The van der Waals surface area contributed by atoms with Gasteiger partial charge in [-0.05, 0) is 37.1 Å². The van der Waals surface area contributed by atoms with Gasteiger partial charge in [0.15, 0.2) is 0 Å². The molecule has 1 rings (SSSR count). The quantitative estimate of drug-likeness (QED) is 0.801. The lowest BCUT2D eigenvalue weighted by molar-refractivity contribution is 0.1000. The van der Waals surface area contributed by atoms with Gasteiger partial charge in [-0.1, -0.05) is 0 Å². The number of primary amides is 1. The first-order valence-electron chi connectivity index (χ1n) is 4.09. The van der Waals surface area contributed by atoms with E-state index in [0.29, 0.717) is 11.1 Å². The van der Waals surface area contributed by atoms with Crippen LogP contribution in [-0.2, 0) is 9.05 Å². The first-order valence-corrected chi connectivity index (χ1v) is 6.40. The summed E-state index contributed by atoms with van der Waals surface area (Å²) in [6.07, 6.45) is 0. The summed E-state index contributed by atoms with van der Waals surface area (Å²) in [4.78, 5) is 10.9. The van der Waals surface area contributed by atoms with Crippen molar-refractivity contribution in [3.63, 3.8) is 0 Å². The number of carbonyl (C=O) groups excluding carboxylic acids is 1. The SMILES string of the molecule is Cc1cc(C(N)=O)cc(S(=O)(=O)Cl)c1C. The number of hydrogen-bond acceptors (Lipinski definition) is 3. The summed E-state index contributed by atoms with van der Waals surface area (Å²) in [5, 5.41) is 0. The number of aryl methyl sites for hydroxylation is 1. The Morgan fingerprint density at radius 1 is 1.33 bits per heavy atom. The minimum atomic E-state index is -3.85. The summed E-state index contributed by atoms with van der Waals surface area (Å²) < 4.78 is 22.4. The van der Waals surface area contributed by atoms with Gasteiger partial charge >= 0.3 is 0 Å². The monoisotopic (exact) mass is 247 g/mol. The van der Waals surface area contributed by atoms with Crippen molar-refractivity contribution in [1.29, 1.82) is 0 Å². The van der Waals surface area contributed by atoms with Crippen molar-refractivity contribution in [1.82, 2.24) is 0 Å². The van der Waals surface area contributed by atoms with E-state index in [1.54, 1.807) is 13.8 Å². The molecule has 2 N–H and O–H groups in total. The predicted molar refractivity (Wildman–Crippen MR) is 57.5 cm³/mol. The molecule has 0 spiro atoms. The summed E-state index contributed by atoms with van der Waals surface area (Å²) in [5.41, 5.74) is 6.39. The molecule has 0 radical (unpaired) electrons. The maximum Gasteiger partial charge on any atom is 0.261 e. The van der Waals surface area contributed by atoms with Crippen molar-refractivity contribution >= 4 is 25.6 Å². The van der Waals surface area contributed by atoms with Crippen molar-refractivity contribution < 1.29 is 13.2 Å². The molecule has 15 heavy (non-hydrogen) atoms. The lowest BCUT2D eigenvalue weighted by Crippen LogP contribution is -2.12. The average Bonchev–Trinajstić information content (AvgIpc) is 2.06. The maximum atomic E-state index is 11.2. The highest BCUT2D eigenvalue weighted by atomic mass is 35.7. The van der Waals surface area contributed by atoms with E-state index in [9.17, 15) is 13.2 Å². The van der Waals surface area contributed by atoms with E-state index >= 15 is 0 Å². The molecule has 0 bridgehead atoms. The standard InChI is InChI=1S/C9H10ClNO3S/c1-5-3-7(9(11)12)4-8(6(5)2)15(10,13)14/h3-4H,1-2H3,(H2,11,12). The molecule has 1 amide bonds. The van der Waals surface area contributed by atoms with Gasteiger partial charge in [0.25, 0.3) is 9.05 Å². The van der Waals surface area contributed by atoms with E-state index in [1.165, 1.54) is 12.1 Å². The van der Waals surface area contributed by atoms with Gasteiger partial charge < -0.3 is 5.73 Å². The molecular formula is C9H10ClNO3S. The highest BCUT2D eigenvalue weighted by Gasteiger charge is 2.17. The van der Waals surface area contributed by atoms with E-state index in [0.717, 1.165) is 0 Å². The van der Waals surface area contributed by atoms with Crippen molar-refractivity contribution in [2.75, 3.05) is 0 Å². The molecule has 6 heteroatoms. The summed E-state index contributed by atoms with van der Waals surface area (Å²) in [6, 6.07) is 2.72. The highest BCUT2D eigenvalue weighted by molar-refractivity contribution is 8.13. The van der Waals surface area contributed by atoms with Crippen LogP contribution in [0.2, 0.25) is 0 Å². The van der Waals surface area contributed by atoms with Gasteiger partial charge in [0.2, 0.25) is 5.91 Å². The Bertz CT molecular complexity index is 522. The number of halogens is 1. The Kier molecular flexibility index (Phi) is 3.06. The topological polar surface area (TPSA) is 77.2 Å². The minimum absolute atomic E-state index is 0.0713. The van der Waals surface area contributed by atoms with Crippen LogP contribution < -0.4 is 5.73 Å². The molecule has 0 aromatic heterocycles. The number of amides is 1. The van der Waals surface area contributed by atoms with E-state index in [4.69, 9.17) is 16.4 Å². The molecule has 4 nitrogen and oxygen atoms in total. The van der Waals surface area contributed by atoms with Crippen LogP contribution in [0.15, 0.2) is 17.0 Å². The second-order valence-electron chi connectivity index (χ2n) is 3.22. The number of benzene rings is 1. The Morgan fingerprint density at radius 3 is 2.27 bits per heavy atom. The molecule has 0 fully saturated rings. The summed E-state index contributed by atoms with van der Waals surface area (Å²) in [5.74, 6) is -0.681. The van der Waals surface area contributed by atoms with E-state index in [2.05, 4.69) is 0 Å². The third-order valence-corrected chi connectivity index (χ3v) is 3.62. The number of nitrogens with two attached hydrogens (primary N) is 1. The zero-order valence-electron chi connectivity index (χ0n) is 8.24. The van der Waals surface area contributed by atoms with Crippen molar-refractivity contribution in [3.8, 4) is 0 Å². The molecule has 0 aliphatic carbocycles. The molecule has 1 aromatic rings. The lowest BCUT2D eigenvalue weighted by Gasteiger charge is -2.07. The van der Waals surface area contributed by atoms with Crippen LogP contribution in [-0.4, -0.2) is 14.3 Å². The Balaban J connectivity index is 3.59. The van der Waals surface area contributed by atoms with Gasteiger partial charge in [0.1, 0.15) is 0 Å². The largest absolute Gasteiger partial charge is 0.366 e. The molecule has 1 aromatic carbocycles. The van der Waals surface area contributed by atoms with Gasteiger partial charge in [0, 0.05) is 16.2 Å². The van der Waals surface area contributed by atoms with Gasteiger partial charge in [-0.3, -0.25) is 4.79 Å². The molecule has 0 saturated carbocycles. The number of carbonyl (C=O) groups is 1. The third-order valence-electron chi connectivity index (χ3n) is 2.17. The van der Waals surface area contributed by atoms with Crippen LogP contribution in [0.4, 0.5) is 0 Å². The molecule has 0 heterocycles. The molecule has 0 saturated heterocycles. The van der Waals surface area contributed by atoms with Crippen LogP contribution in [0, 0.1) is 13.8 Å². The van der Waals surface area contributed by atoms with Crippen LogP contribution in [0.1, 0.15) is 21.5 Å². The maximum absolute atomic E-state index is 11.2. The molecule has 0 aliphatic heterocycles. The van der Waals surface area contributed by atoms with Crippen LogP contribution in [0.25, 0.3) is 0 Å². The number of hydrogen-bond donors (Lipinski definition) is 1. The first-order chi connectivity index (χ1) is 6.73. The molecule has 0 unspecified atom stereocenters. The molecule has 0 aliphatic rings. The van der Waals surface area contributed by atoms with E-state index < -0.39 is 15.0 Å². The first kappa shape index (κ1) is 12.0. The Hall–Kier alpha value is -1.07. The fourth-order valence-electron chi connectivity index (χ4n) is 1.22. The predicted octanol–water partition coefficient (Wildman–Crippen LogP) is 1.33. The smallest absolute Gasteiger partial charge is 0.261 e. The van der Waals surface area contributed by atoms with Gasteiger partial charge in [-0.2, -0.15) is 0 Å². The second kappa shape index (κ2) is 3.83. The summed E-state index contributed by atoms with van der Waals surface area (Å²) in [7, 11) is 1.39.